The van der Waals surface area contributed by atoms with Crippen molar-refractivity contribution in [2.24, 2.45) is 0 Å². The van der Waals surface area contributed by atoms with Gasteiger partial charge in [0, 0.05) is 24.2 Å². The molecule has 2 aliphatic rings. The van der Waals surface area contributed by atoms with Gasteiger partial charge in [-0.25, -0.2) is 4.39 Å². The number of ether oxygens (including phenoxy) is 1. The van der Waals surface area contributed by atoms with E-state index in [1.165, 1.54) is 23.1 Å². The van der Waals surface area contributed by atoms with Crippen LogP contribution in [0.15, 0.2) is 46.7 Å². The number of carbonyl (C=O) groups is 3. The maximum atomic E-state index is 14.3. The average molecular weight is 545 g/mol. The zero-order chi connectivity index (χ0) is 27.1. The normalized spacial score (nSPS) is 18.3. The molecule has 2 N–H and O–H groups in total. The molecule has 0 spiro atoms. The van der Waals surface area contributed by atoms with Crippen molar-refractivity contribution < 1.29 is 28.0 Å². The molecule has 2 heterocycles. The summed E-state index contributed by atoms with van der Waals surface area (Å²) in [6.45, 7) is 3.51. The van der Waals surface area contributed by atoms with Crippen molar-refractivity contribution >= 4 is 41.0 Å². The molecule has 2 unspecified atom stereocenters. The topological polar surface area (TPSA) is 114 Å². The van der Waals surface area contributed by atoms with Crippen molar-refractivity contribution in [1.82, 2.24) is 10.5 Å². The fourth-order valence-electron chi connectivity index (χ4n) is 4.79. The van der Waals surface area contributed by atoms with E-state index < -0.39 is 23.9 Å². The molecule has 1 aromatic heterocycles. The monoisotopic (exact) mass is 544 g/mol. The first kappa shape index (κ1) is 27.7. The number of halogens is 1. The first-order valence-electron chi connectivity index (χ1n) is 12.8. The van der Waals surface area contributed by atoms with Crippen LogP contribution in [0.4, 0.5) is 15.9 Å². The Morgan fingerprint density at radius 2 is 1.95 bits per heavy atom. The first-order valence-corrected chi connectivity index (χ1v) is 14.0. The third-order valence-corrected chi connectivity index (χ3v) is 7.45. The maximum absolute atomic E-state index is 14.3. The molecule has 11 heteroatoms. The van der Waals surface area contributed by atoms with Crippen LogP contribution >= 0.6 is 11.8 Å². The van der Waals surface area contributed by atoms with E-state index in [0.29, 0.717) is 23.8 Å². The van der Waals surface area contributed by atoms with Gasteiger partial charge in [-0.2, -0.15) is 0 Å². The molecule has 1 aliphatic carbocycles. The SMILES string of the molecule is CC1=CCC(C(C(=O)NC2CCCCC2)N(C(=O)CSCC(=O)Nc2cc(C)on2)c2cccc(F)c2)O1. The molecule has 2 atom stereocenters. The third-order valence-electron chi connectivity index (χ3n) is 6.53. The summed E-state index contributed by atoms with van der Waals surface area (Å²) in [5.41, 5.74) is 0.259. The molecule has 204 valence electrons. The Kier molecular flexibility index (Phi) is 9.43. The summed E-state index contributed by atoms with van der Waals surface area (Å²) in [5, 5.41) is 9.45. The summed E-state index contributed by atoms with van der Waals surface area (Å²) < 4.78 is 25.2. The van der Waals surface area contributed by atoms with E-state index in [1.807, 2.05) is 6.08 Å². The lowest BCUT2D eigenvalue weighted by molar-refractivity contribution is -0.129. The van der Waals surface area contributed by atoms with Gasteiger partial charge in [-0.3, -0.25) is 19.3 Å². The highest BCUT2D eigenvalue weighted by atomic mass is 32.2. The second kappa shape index (κ2) is 12.9. The van der Waals surface area contributed by atoms with Gasteiger partial charge in [0.25, 0.3) is 0 Å². The minimum absolute atomic E-state index is 0.0197. The summed E-state index contributed by atoms with van der Waals surface area (Å²) in [6, 6.07) is 6.22. The Morgan fingerprint density at radius 3 is 2.61 bits per heavy atom. The van der Waals surface area contributed by atoms with E-state index in [9.17, 15) is 18.8 Å². The zero-order valence-electron chi connectivity index (χ0n) is 21.6. The fraction of sp³-hybridized carbons (Fsp3) is 0.481. The molecule has 0 radical (unpaired) electrons. The highest BCUT2D eigenvalue weighted by Gasteiger charge is 2.41. The third kappa shape index (κ3) is 7.37. The van der Waals surface area contributed by atoms with Crippen LogP contribution in [0.1, 0.15) is 51.2 Å². The summed E-state index contributed by atoms with van der Waals surface area (Å²) in [4.78, 5) is 41.0. The van der Waals surface area contributed by atoms with Gasteiger partial charge in [-0.05, 0) is 51.0 Å². The molecule has 1 saturated carbocycles. The molecular formula is C27H33FN4O5S. The highest BCUT2D eigenvalue weighted by Crippen LogP contribution is 2.29. The number of hydrogen-bond donors (Lipinski definition) is 2. The number of aryl methyl sites for hydroxylation is 1. The Morgan fingerprint density at radius 1 is 1.16 bits per heavy atom. The second-order valence-corrected chi connectivity index (χ2v) is 10.6. The Balaban J connectivity index is 1.51. The molecule has 1 aliphatic heterocycles. The maximum Gasteiger partial charge on any atom is 0.247 e. The number of thioether (sulfide) groups is 1. The number of amides is 3. The van der Waals surface area contributed by atoms with Gasteiger partial charge in [-0.1, -0.05) is 30.5 Å². The average Bonchev–Trinajstić information content (AvgIpc) is 3.50. The molecule has 1 fully saturated rings. The smallest absolute Gasteiger partial charge is 0.247 e. The van der Waals surface area contributed by atoms with Gasteiger partial charge in [0.1, 0.15) is 17.7 Å². The molecule has 3 amide bonds. The Labute approximate surface area is 225 Å². The van der Waals surface area contributed by atoms with Gasteiger partial charge in [0.05, 0.1) is 17.3 Å². The number of aromatic nitrogens is 1. The van der Waals surface area contributed by atoms with Crippen LogP contribution in [-0.2, 0) is 19.1 Å². The number of benzene rings is 1. The van der Waals surface area contributed by atoms with E-state index >= 15 is 0 Å². The van der Waals surface area contributed by atoms with Gasteiger partial charge >= 0.3 is 0 Å². The first-order chi connectivity index (χ1) is 18.3. The molecule has 38 heavy (non-hydrogen) atoms. The van der Waals surface area contributed by atoms with Crippen LogP contribution in [0.2, 0.25) is 0 Å². The number of anilines is 2. The lowest BCUT2D eigenvalue weighted by Gasteiger charge is -2.36. The van der Waals surface area contributed by atoms with Gasteiger partial charge < -0.3 is 19.9 Å². The summed E-state index contributed by atoms with van der Waals surface area (Å²) in [5.74, 6) is -0.225. The molecule has 0 bridgehead atoms. The number of nitrogens with zero attached hydrogens (tertiary/aromatic N) is 2. The van der Waals surface area contributed by atoms with Crippen molar-refractivity contribution in [3.63, 3.8) is 0 Å². The number of hydrogen-bond acceptors (Lipinski definition) is 7. The van der Waals surface area contributed by atoms with E-state index in [1.54, 1.807) is 26.0 Å². The van der Waals surface area contributed by atoms with Crippen LogP contribution in [0.5, 0.6) is 0 Å². The van der Waals surface area contributed by atoms with Gasteiger partial charge in [-0.15, -0.1) is 11.8 Å². The Bertz CT molecular complexity index is 1180. The second-order valence-electron chi connectivity index (χ2n) is 9.60. The van der Waals surface area contributed by atoms with Crippen LogP contribution in [0, 0.1) is 12.7 Å². The number of rotatable bonds is 10. The van der Waals surface area contributed by atoms with Crippen molar-refractivity contribution in [2.75, 3.05) is 21.7 Å². The van der Waals surface area contributed by atoms with E-state index in [4.69, 9.17) is 9.26 Å². The standard InChI is InChI=1S/C27H33FN4O5S/c1-17-11-12-22(36-17)26(27(35)29-20-8-4-3-5-9-20)32(21-10-6-7-19(28)14-21)25(34)16-38-15-24(33)30-23-13-18(2)37-31-23/h6-7,10-11,13-14,20,22,26H,3-5,8-9,12,15-16H2,1-2H3,(H,29,35)(H,30,31,33). The minimum atomic E-state index is -1.01. The van der Waals surface area contributed by atoms with E-state index in [-0.39, 0.29) is 35.0 Å². The summed E-state index contributed by atoms with van der Waals surface area (Å²) in [7, 11) is 0. The van der Waals surface area contributed by atoms with Gasteiger partial charge in [0.2, 0.25) is 17.7 Å². The van der Waals surface area contributed by atoms with Crippen LogP contribution in [0.25, 0.3) is 0 Å². The van der Waals surface area contributed by atoms with E-state index in [0.717, 1.165) is 43.9 Å². The van der Waals surface area contributed by atoms with Crippen molar-refractivity contribution in [1.29, 1.82) is 0 Å². The summed E-state index contributed by atoms with van der Waals surface area (Å²) >= 11 is 1.09. The fourth-order valence-corrected chi connectivity index (χ4v) is 5.46. The van der Waals surface area contributed by atoms with Crippen molar-refractivity contribution in [2.45, 2.75) is 70.6 Å². The molecule has 4 rings (SSSR count). The van der Waals surface area contributed by atoms with Crippen molar-refractivity contribution in [3.05, 3.63) is 53.7 Å². The van der Waals surface area contributed by atoms with E-state index in [2.05, 4.69) is 15.8 Å². The number of allylic oxidation sites excluding steroid dienone is 1. The molecule has 1 aromatic carbocycles. The lowest BCUT2D eigenvalue weighted by Crippen LogP contribution is -2.58. The zero-order valence-corrected chi connectivity index (χ0v) is 22.4. The number of carbonyl (C=O) groups excluding carboxylic acids is 3. The van der Waals surface area contributed by atoms with Crippen molar-refractivity contribution in [3.8, 4) is 0 Å². The Hall–Kier alpha value is -3.34. The molecule has 9 nitrogen and oxygen atoms in total. The molecule has 0 saturated heterocycles. The van der Waals surface area contributed by atoms with Crippen LogP contribution < -0.4 is 15.5 Å². The minimum Gasteiger partial charge on any atom is -0.492 e. The number of nitrogens with one attached hydrogen (secondary N) is 2. The van der Waals surface area contributed by atoms with Crippen LogP contribution in [-0.4, -0.2) is 52.6 Å². The molecular weight excluding hydrogens is 511 g/mol. The molecule has 2 aromatic rings. The summed E-state index contributed by atoms with van der Waals surface area (Å²) in [6.07, 6.45) is 6.68. The lowest BCUT2D eigenvalue weighted by atomic mass is 9.94. The predicted octanol–water partition coefficient (Wildman–Crippen LogP) is 4.34. The van der Waals surface area contributed by atoms with Crippen LogP contribution in [0.3, 0.4) is 0 Å². The predicted molar refractivity (Wildman–Crippen MR) is 143 cm³/mol. The quantitative estimate of drug-likeness (QED) is 0.458. The van der Waals surface area contributed by atoms with Gasteiger partial charge in [0.15, 0.2) is 11.9 Å². The largest absolute Gasteiger partial charge is 0.492 e. The highest BCUT2D eigenvalue weighted by molar-refractivity contribution is 8.00.